The summed E-state index contributed by atoms with van der Waals surface area (Å²) in [6.07, 6.45) is 0. The minimum Gasteiger partial charge on any atom is -0.468 e. The lowest BCUT2D eigenvalue weighted by Gasteiger charge is -2.07. The zero-order valence-electron chi connectivity index (χ0n) is 7.77. The van der Waals surface area contributed by atoms with Crippen molar-refractivity contribution in [2.45, 2.75) is 6.04 Å². The number of ketones is 1. The van der Waals surface area contributed by atoms with Crippen molar-refractivity contribution in [3.63, 3.8) is 0 Å². The van der Waals surface area contributed by atoms with Gasteiger partial charge in [0.05, 0.1) is 7.11 Å². The second-order valence-corrected chi connectivity index (χ2v) is 2.73. The molecule has 0 spiro atoms. The molecule has 0 aliphatic heterocycles. The number of hydrogen-bond acceptors (Lipinski definition) is 4. The van der Waals surface area contributed by atoms with Crippen molar-refractivity contribution in [2.75, 3.05) is 7.11 Å². The molecule has 1 aromatic carbocycles. The fourth-order valence-electron chi connectivity index (χ4n) is 1.02. The average molecular weight is 193 g/mol. The molecule has 0 aliphatic carbocycles. The molecular formula is C10H11NO3. The number of methoxy groups -OCH3 is 1. The van der Waals surface area contributed by atoms with Crippen LogP contribution in [-0.2, 0) is 9.53 Å². The van der Waals surface area contributed by atoms with E-state index in [9.17, 15) is 9.59 Å². The number of benzene rings is 1. The summed E-state index contributed by atoms with van der Waals surface area (Å²) in [5.41, 5.74) is 5.79. The van der Waals surface area contributed by atoms with Gasteiger partial charge in [-0.25, -0.2) is 4.79 Å². The molecule has 0 aliphatic rings. The van der Waals surface area contributed by atoms with Gasteiger partial charge in [-0.05, 0) is 0 Å². The normalized spacial score (nSPS) is 11.9. The third-order valence-corrected chi connectivity index (χ3v) is 1.80. The highest BCUT2D eigenvalue weighted by Crippen LogP contribution is 2.02. The molecule has 0 radical (unpaired) electrons. The second kappa shape index (κ2) is 4.53. The molecule has 0 saturated heterocycles. The molecule has 0 saturated carbocycles. The number of rotatable bonds is 3. The number of carbonyl (C=O) groups is 2. The van der Waals surface area contributed by atoms with Crippen LogP contribution >= 0.6 is 0 Å². The zero-order valence-corrected chi connectivity index (χ0v) is 7.77. The van der Waals surface area contributed by atoms with Crippen molar-refractivity contribution in [3.05, 3.63) is 35.9 Å². The third kappa shape index (κ3) is 2.17. The van der Waals surface area contributed by atoms with Crippen LogP contribution in [0.2, 0.25) is 0 Å². The van der Waals surface area contributed by atoms with Crippen LogP contribution in [0.1, 0.15) is 10.4 Å². The van der Waals surface area contributed by atoms with E-state index >= 15 is 0 Å². The first-order chi connectivity index (χ1) is 6.66. The van der Waals surface area contributed by atoms with E-state index in [0.29, 0.717) is 5.56 Å². The van der Waals surface area contributed by atoms with Crippen LogP contribution in [0.3, 0.4) is 0 Å². The summed E-state index contributed by atoms with van der Waals surface area (Å²) in [5, 5.41) is 0. The average Bonchev–Trinajstić information content (AvgIpc) is 2.27. The summed E-state index contributed by atoms with van der Waals surface area (Å²) >= 11 is 0. The fourth-order valence-corrected chi connectivity index (χ4v) is 1.02. The molecule has 1 aromatic rings. The van der Waals surface area contributed by atoms with E-state index < -0.39 is 17.8 Å². The molecule has 0 fully saturated rings. The molecule has 2 N–H and O–H groups in total. The summed E-state index contributed by atoms with van der Waals surface area (Å²) in [4.78, 5) is 22.5. The third-order valence-electron chi connectivity index (χ3n) is 1.80. The predicted molar refractivity (Wildman–Crippen MR) is 50.8 cm³/mol. The number of hydrogen-bond donors (Lipinski definition) is 1. The van der Waals surface area contributed by atoms with Gasteiger partial charge in [0.15, 0.2) is 11.8 Å². The maximum Gasteiger partial charge on any atom is 0.330 e. The van der Waals surface area contributed by atoms with Gasteiger partial charge in [-0.15, -0.1) is 0 Å². The molecule has 14 heavy (non-hydrogen) atoms. The first-order valence-corrected chi connectivity index (χ1v) is 4.09. The van der Waals surface area contributed by atoms with Gasteiger partial charge in [0.1, 0.15) is 0 Å². The van der Waals surface area contributed by atoms with Crippen LogP contribution in [0.4, 0.5) is 0 Å². The van der Waals surface area contributed by atoms with Gasteiger partial charge >= 0.3 is 5.97 Å². The number of ether oxygens (including phenoxy) is 1. The number of esters is 1. The highest BCUT2D eigenvalue weighted by molar-refractivity contribution is 6.11. The molecule has 0 unspecified atom stereocenters. The minimum atomic E-state index is -1.23. The van der Waals surface area contributed by atoms with E-state index in [-0.39, 0.29) is 0 Å². The largest absolute Gasteiger partial charge is 0.468 e. The number of carbonyl (C=O) groups excluding carboxylic acids is 2. The monoisotopic (exact) mass is 193 g/mol. The van der Waals surface area contributed by atoms with E-state index in [2.05, 4.69) is 4.74 Å². The Bertz CT molecular complexity index is 334. The molecule has 74 valence electrons. The Balaban J connectivity index is 2.81. The topological polar surface area (TPSA) is 69.4 Å². The Labute approximate surface area is 81.7 Å². The highest BCUT2D eigenvalue weighted by atomic mass is 16.5. The maximum absolute atomic E-state index is 11.5. The van der Waals surface area contributed by atoms with Crippen LogP contribution in [0.5, 0.6) is 0 Å². The highest BCUT2D eigenvalue weighted by Gasteiger charge is 2.23. The smallest absolute Gasteiger partial charge is 0.330 e. The standard InChI is InChI=1S/C10H11NO3/c1-14-10(13)8(11)9(12)7-5-3-2-4-6-7/h2-6,8H,11H2,1H3/t8-/m1/s1. The first kappa shape index (κ1) is 10.4. The van der Waals surface area contributed by atoms with Gasteiger partial charge in [-0.2, -0.15) is 0 Å². The fraction of sp³-hybridized carbons (Fsp3) is 0.200. The molecule has 0 aromatic heterocycles. The maximum atomic E-state index is 11.5. The molecule has 1 rings (SSSR count). The van der Waals surface area contributed by atoms with Gasteiger partial charge in [0, 0.05) is 5.56 Å². The van der Waals surface area contributed by atoms with Crippen LogP contribution < -0.4 is 5.73 Å². The molecule has 0 bridgehead atoms. The Morgan fingerprint density at radius 1 is 1.29 bits per heavy atom. The minimum absolute atomic E-state index is 0.408. The lowest BCUT2D eigenvalue weighted by molar-refractivity contribution is -0.140. The van der Waals surface area contributed by atoms with Crippen molar-refractivity contribution in [1.82, 2.24) is 0 Å². The summed E-state index contributed by atoms with van der Waals surface area (Å²) in [6.45, 7) is 0. The van der Waals surface area contributed by atoms with Crippen molar-refractivity contribution >= 4 is 11.8 Å². The number of Topliss-reactive ketones (excluding diaryl/α,β-unsaturated/α-hetero) is 1. The Morgan fingerprint density at radius 3 is 2.36 bits per heavy atom. The van der Waals surface area contributed by atoms with Crippen LogP contribution in [0.25, 0.3) is 0 Å². The SMILES string of the molecule is COC(=O)[C@H](N)C(=O)c1ccccc1. The van der Waals surface area contributed by atoms with Crippen LogP contribution in [0, 0.1) is 0 Å². The second-order valence-electron chi connectivity index (χ2n) is 2.73. The molecule has 1 atom stereocenters. The number of nitrogens with two attached hydrogens (primary N) is 1. The molecule has 4 nitrogen and oxygen atoms in total. The van der Waals surface area contributed by atoms with E-state index in [1.54, 1.807) is 30.3 Å². The van der Waals surface area contributed by atoms with E-state index in [1.807, 2.05) is 0 Å². The molecule has 0 amide bonds. The Kier molecular flexibility index (Phi) is 3.36. The van der Waals surface area contributed by atoms with Crippen LogP contribution in [0.15, 0.2) is 30.3 Å². The van der Waals surface area contributed by atoms with Gasteiger partial charge in [-0.1, -0.05) is 30.3 Å². The Hall–Kier alpha value is -1.68. The van der Waals surface area contributed by atoms with E-state index in [1.165, 1.54) is 7.11 Å². The molecule has 0 heterocycles. The zero-order chi connectivity index (χ0) is 10.6. The van der Waals surface area contributed by atoms with E-state index in [0.717, 1.165) is 0 Å². The van der Waals surface area contributed by atoms with Crippen LogP contribution in [-0.4, -0.2) is 24.9 Å². The molecular weight excluding hydrogens is 182 g/mol. The van der Waals surface area contributed by atoms with Gasteiger partial charge < -0.3 is 10.5 Å². The summed E-state index contributed by atoms with van der Waals surface area (Å²) in [5.74, 6) is -1.16. The van der Waals surface area contributed by atoms with Crippen molar-refractivity contribution < 1.29 is 14.3 Å². The Morgan fingerprint density at radius 2 is 1.86 bits per heavy atom. The summed E-state index contributed by atoms with van der Waals surface area (Å²) < 4.78 is 4.37. The predicted octanol–water partition coefficient (Wildman–Crippen LogP) is 0.370. The van der Waals surface area contributed by atoms with E-state index in [4.69, 9.17) is 5.73 Å². The van der Waals surface area contributed by atoms with Crippen molar-refractivity contribution in [2.24, 2.45) is 5.73 Å². The lowest BCUT2D eigenvalue weighted by atomic mass is 10.1. The van der Waals surface area contributed by atoms with Gasteiger partial charge in [0.25, 0.3) is 0 Å². The first-order valence-electron chi connectivity index (χ1n) is 4.09. The lowest BCUT2D eigenvalue weighted by Crippen LogP contribution is -2.39. The summed E-state index contributed by atoms with van der Waals surface area (Å²) in [6, 6.07) is 7.16. The van der Waals surface area contributed by atoms with Gasteiger partial charge in [0.2, 0.25) is 0 Å². The quantitative estimate of drug-likeness (QED) is 0.427. The summed E-state index contributed by atoms with van der Waals surface area (Å²) in [7, 11) is 1.19. The van der Waals surface area contributed by atoms with Crippen molar-refractivity contribution in [3.8, 4) is 0 Å². The molecule has 4 heteroatoms. The van der Waals surface area contributed by atoms with Crippen molar-refractivity contribution in [1.29, 1.82) is 0 Å². The van der Waals surface area contributed by atoms with Gasteiger partial charge in [-0.3, -0.25) is 4.79 Å².